The Kier molecular flexibility index (Phi) is 5.21. The monoisotopic (exact) mass is 626 g/mol. The van der Waals surface area contributed by atoms with E-state index in [1.54, 1.807) is 0 Å². The van der Waals surface area contributed by atoms with Crippen LogP contribution in [0, 0.1) is 0 Å². The Bertz CT molecular complexity index is 2970. The normalized spacial score (nSPS) is 13.7. The minimum Gasteiger partial charge on any atom is -0.455 e. The molecular weight excluding hydrogens is 597 g/mol. The lowest BCUT2D eigenvalue weighted by Crippen LogP contribution is -2.14. The van der Waals surface area contributed by atoms with Crippen LogP contribution in [0.4, 0.5) is 0 Å². The van der Waals surface area contributed by atoms with Gasteiger partial charge in [-0.3, -0.25) is 0 Å². The molecule has 2 aromatic heterocycles. The molecule has 1 aliphatic carbocycles. The Hall–Kier alpha value is -6.12. The molecule has 2 heteroatoms. The maximum absolute atomic E-state index is 6.80. The van der Waals surface area contributed by atoms with Crippen molar-refractivity contribution in [3.8, 4) is 33.4 Å². The van der Waals surface area contributed by atoms with Crippen LogP contribution in [-0.2, 0) is 5.41 Å². The molecule has 0 unspecified atom stereocenters. The smallest absolute Gasteiger partial charge is 0.147 e. The van der Waals surface area contributed by atoms with Crippen LogP contribution in [0.3, 0.4) is 0 Å². The summed E-state index contributed by atoms with van der Waals surface area (Å²) in [5.74, 6) is 0. The van der Waals surface area contributed by atoms with E-state index in [2.05, 4.69) is 147 Å². The van der Waals surface area contributed by atoms with E-state index in [0.717, 1.165) is 49.4 Å². The lowest BCUT2D eigenvalue weighted by Gasteiger charge is -2.23. The predicted molar refractivity (Wildman–Crippen MR) is 204 cm³/mol. The van der Waals surface area contributed by atoms with Crippen molar-refractivity contribution in [3.63, 3.8) is 0 Å². The average Bonchev–Trinajstić information content (AvgIpc) is 3.78. The van der Waals surface area contributed by atoms with E-state index in [9.17, 15) is 0 Å². The fourth-order valence-corrected chi connectivity index (χ4v) is 8.84. The zero-order chi connectivity index (χ0) is 32.4. The maximum Gasteiger partial charge on any atom is 0.147 e. The fraction of sp³-hybridized carbons (Fsp3) is 0.0638. The fourth-order valence-electron chi connectivity index (χ4n) is 8.84. The molecule has 230 valence electrons. The second kappa shape index (κ2) is 9.49. The molecule has 0 saturated carbocycles. The molecule has 0 fully saturated rings. The minimum atomic E-state index is -0.0802. The molecule has 8 aromatic carbocycles. The Morgan fingerprint density at radius 1 is 0.388 bits per heavy atom. The predicted octanol–water partition coefficient (Wildman–Crippen LogP) is 13.4. The van der Waals surface area contributed by atoms with Gasteiger partial charge in [0.25, 0.3) is 0 Å². The molecule has 2 heterocycles. The number of furan rings is 2. The van der Waals surface area contributed by atoms with Crippen molar-refractivity contribution in [3.05, 3.63) is 157 Å². The second-order valence-electron chi connectivity index (χ2n) is 14.0. The SMILES string of the molecule is CC1(C)c2ccccc2-c2ccc(-c3c4ccccc4c(-c4cc5c6ccccc6oc5c5c4oc4ccccc45)c4ccccc34)cc21. The quantitative estimate of drug-likeness (QED) is 0.178. The van der Waals surface area contributed by atoms with Gasteiger partial charge in [-0.15, -0.1) is 0 Å². The summed E-state index contributed by atoms with van der Waals surface area (Å²) in [4.78, 5) is 0. The number of hydrogen-bond acceptors (Lipinski definition) is 2. The lowest BCUT2D eigenvalue weighted by molar-refractivity contribution is 0.660. The van der Waals surface area contributed by atoms with E-state index in [0.29, 0.717) is 0 Å². The molecule has 0 amide bonds. The van der Waals surface area contributed by atoms with Crippen molar-refractivity contribution >= 4 is 65.4 Å². The van der Waals surface area contributed by atoms with Crippen molar-refractivity contribution in [2.24, 2.45) is 0 Å². The first-order chi connectivity index (χ1) is 24.1. The molecule has 0 bridgehead atoms. The molecule has 10 aromatic rings. The number of rotatable bonds is 2. The summed E-state index contributed by atoms with van der Waals surface area (Å²) in [7, 11) is 0. The van der Waals surface area contributed by atoms with Crippen LogP contribution in [-0.4, -0.2) is 0 Å². The highest BCUT2D eigenvalue weighted by molar-refractivity contribution is 6.29. The topological polar surface area (TPSA) is 26.3 Å². The number of fused-ring (bicyclic) bond motifs is 12. The minimum absolute atomic E-state index is 0.0802. The van der Waals surface area contributed by atoms with E-state index >= 15 is 0 Å². The van der Waals surface area contributed by atoms with Gasteiger partial charge in [-0.05, 0) is 79.2 Å². The van der Waals surface area contributed by atoms with Crippen LogP contribution < -0.4 is 0 Å². The average molecular weight is 627 g/mol. The largest absolute Gasteiger partial charge is 0.455 e. The van der Waals surface area contributed by atoms with Crippen LogP contribution in [0.1, 0.15) is 25.0 Å². The Balaban J connectivity index is 1.27. The third-order valence-corrected chi connectivity index (χ3v) is 11.1. The first-order valence-corrected chi connectivity index (χ1v) is 17.0. The lowest BCUT2D eigenvalue weighted by atomic mass is 9.80. The number of benzene rings is 8. The summed E-state index contributed by atoms with van der Waals surface area (Å²) in [5, 5.41) is 9.16. The number of para-hydroxylation sites is 2. The van der Waals surface area contributed by atoms with Crippen LogP contribution in [0.15, 0.2) is 154 Å². The summed E-state index contributed by atoms with van der Waals surface area (Å²) in [6.07, 6.45) is 0. The Morgan fingerprint density at radius 3 is 1.63 bits per heavy atom. The molecule has 49 heavy (non-hydrogen) atoms. The van der Waals surface area contributed by atoms with Gasteiger partial charge in [-0.25, -0.2) is 0 Å². The van der Waals surface area contributed by atoms with Crippen LogP contribution in [0.25, 0.3) is 98.8 Å². The maximum atomic E-state index is 6.80. The van der Waals surface area contributed by atoms with Crippen molar-refractivity contribution < 1.29 is 8.83 Å². The van der Waals surface area contributed by atoms with E-state index < -0.39 is 0 Å². The molecule has 0 saturated heterocycles. The standard InChI is InChI=1S/C47H30O2/c1-47(2)38-20-10-7-13-28(38)29-24-23-27(25-39(29)47)42-31-15-3-5-17-33(31)43(34-18-6-4-16-32(34)42)37-26-36-30-14-8-11-21-40(30)48-45(36)44-35-19-9-12-22-41(35)49-46(37)44/h3-26H,1-2H3. The molecule has 2 nitrogen and oxygen atoms in total. The van der Waals surface area contributed by atoms with Crippen molar-refractivity contribution in [2.75, 3.05) is 0 Å². The second-order valence-corrected chi connectivity index (χ2v) is 14.0. The van der Waals surface area contributed by atoms with Crippen LogP contribution in [0.5, 0.6) is 0 Å². The first kappa shape index (κ1) is 26.9. The highest BCUT2D eigenvalue weighted by Crippen LogP contribution is 2.52. The molecule has 0 N–H and O–H groups in total. The van der Waals surface area contributed by atoms with Gasteiger partial charge in [0.15, 0.2) is 0 Å². The van der Waals surface area contributed by atoms with Crippen molar-refractivity contribution in [1.82, 2.24) is 0 Å². The van der Waals surface area contributed by atoms with E-state index in [1.807, 2.05) is 12.1 Å². The van der Waals surface area contributed by atoms with Crippen molar-refractivity contribution in [2.45, 2.75) is 19.3 Å². The van der Waals surface area contributed by atoms with E-state index in [-0.39, 0.29) is 5.41 Å². The van der Waals surface area contributed by atoms with Crippen LogP contribution in [0.2, 0.25) is 0 Å². The van der Waals surface area contributed by atoms with Gasteiger partial charge in [0.1, 0.15) is 22.3 Å². The van der Waals surface area contributed by atoms with Gasteiger partial charge in [0.2, 0.25) is 0 Å². The number of hydrogen-bond donors (Lipinski definition) is 0. The molecular formula is C47H30O2. The first-order valence-electron chi connectivity index (χ1n) is 17.0. The summed E-state index contributed by atoms with van der Waals surface area (Å²) >= 11 is 0. The van der Waals surface area contributed by atoms with Crippen LogP contribution >= 0.6 is 0 Å². The Labute approximate surface area is 282 Å². The van der Waals surface area contributed by atoms with E-state index in [1.165, 1.54) is 60.5 Å². The van der Waals surface area contributed by atoms with Crippen molar-refractivity contribution in [1.29, 1.82) is 0 Å². The highest BCUT2D eigenvalue weighted by Gasteiger charge is 2.35. The summed E-state index contributed by atoms with van der Waals surface area (Å²) in [5.41, 5.74) is 13.6. The molecule has 0 spiro atoms. The zero-order valence-electron chi connectivity index (χ0n) is 27.2. The summed E-state index contributed by atoms with van der Waals surface area (Å²) in [6.45, 7) is 4.71. The third kappa shape index (κ3) is 3.50. The Morgan fingerprint density at radius 2 is 0.918 bits per heavy atom. The summed E-state index contributed by atoms with van der Waals surface area (Å²) in [6, 6.07) is 52.7. The molecule has 0 aliphatic heterocycles. The summed E-state index contributed by atoms with van der Waals surface area (Å²) < 4.78 is 13.4. The van der Waals surface area contributed by atoms with E-state index in [4.69, 9.17) is 8.83 Å². The van der Waals surface area contributed by atoms with Gasteiger partial charge in [-0.2, -0.15) is 0 Å². The van der Waals surface area contributed by atoms with Gasteiger partial charge >= 0.3 is 0 Å². The van der Waals surface area contributed by atoms with Gasteiger partial charge in [0.05, 0.1) is 5.39 Å². The molecule has 0 radical (unpaired) electrons. The zero-order valence-corrected chi connectivity index (χ0v) is 27.2. The third-order valence-electron chi connectivity index (χ3n) is 11.1. The molecule has 11 rings (SSSR count). The molecule has 1 aliphatic rings. The highest BCUT2D eigenvalue weighted by atomic mass is 16.3. The van der Waals surface area contributed by atoms with Gasteiger partial charge in [0, 0.05) is 32.7 Å². The van der Waals surface area contributed by atoms with Gasteiger partial charge < -0.3 is 8.83 Å². The van der Waals surface area contributed by atoms with Gasteiger partial charge in [-0.1, -0.05) is 135 Å². The molecule has 0 atom stereocenters.